The van der Waals surface area contributed by atoms with E-state index >= 15 is 0 Å². The Bertz CT molecular complexity index is 1070. The van der Waals surface area contributed by atoms with Gasteiger partial charge in [-0.15, -0.1) is 0 Å². The fourth-order valence-corrected chi connectivity index (χ4v) is 3.34. The van der Waals surface area contributed by atoms with E-state index in [1.807, 2.05) is 11.5 Å². The van der Waals surface area contributed by atoms with Crippen molar-refractivity contribution < 1.29 is 13.2 Å². The Hall–Kier alpha value is -2.39. The van der Waals surface area contributed by atoms with Gasteiger partial charge in [-0.05, 0) is 37.0 Å². The summed E-state index contributed by atoms with van der Waals surface area (Å²) in [5.74, 6) is 1.03. The summed E-state index contributed by atoms with van der Waals surface area (Å²) in [5, 5.41) is 2.94. The van der Waals surface area contributed by atoms with E-state index in [9.17, 15) is 13.2 Å². The molecule has 1 aromatic carbocycles. The number of aromatic nitrogens is 4. The third-order valence-electron chi connectivity index (χ3n) is 4.52. The van der Waals surface area contributed by atoms with Crippen LogP contribution >= 0.6 is 11.6 Å². The molecule has 0 bridgehead atoms. The van der Waals surface area contributed by atoms with Crippen molar-refractivity contribution in [1.82, 2.24) is 19.5 Å². The molecule has 0 aliphatic carbocycles. The highest BCUT2D eigenvalue weighted by molar-refractivity contribution is 6.31. The lowest BCUT2D eigenvalue weighted by atomic mass is 9.92. The van der Waals surface area contributed by atoms with Crippen molar-refractivity contribution in [3.05, 3.63) is 40.8 Å². The number of nitrogens with one attached hydrogen (secondary N) is 1. The molecule has 10 heteroatoms. The second kappa shape index (κ2) is 8.63. The van der Waals surface area contributed by atoms with E-state index in [-0.39, 0.29) is 22.2 Å². The van der Waals surface area contributed by atoms with Crippen LogP contribution in [-0.2, 0) is 19.1 Å². The standard InChI is InChI=1S/C21H26ClF3N6/c1-12(26)5-6-31-18-16(11-27-17(30-18)10-20(2,3)4)29-19(31)28-15-8-13(21(23,24)25)7-14(22)9-15/h7-9,11-12H,5-6,10,26H2,1-4H3,(H,28,29). The zero-order valence-electron chi connectivity index (χ0n) is 17.9. The van der Waals surface area contributed by atoms with E-state index in [1.54, 1.807) is 6.20 Å². The number of anilines is 2. The van der Waals surface area contributed by atoms with Gasteiger partial charge in [0, 0.05) is 29.7 Å². The van der Waals surface area contributed by atoms with Crippen molar-refractivity contribution in [1.29, 1.82) is 0 Å². The molecule has 3 rings (SSSR count). The van der Waals surface area contributed by atoms with E-state index in [1.165, 1.54) is 6.07 Å². The fraction of sp³-hybridized carbons (Fsp3) is 0.476. The van der Waals surface area contributed by atoms with Crippen LogP contribution in [0.2, 0.25) is 5.02 Å². The zero-order chi connectivity index (χ0) is 23.0. The fourth-order valence-electron chi connectivity index (χ4n) is 3.11. The van der Waals surface area contributed by atoms with E-state index in [4.69, 9.17) is 17.3 Å². The van der Waals surface area contributed by atoms with Gasteiger partial charge >= 0.3 is 6.18 Å². The Balaban J connectivity index is 2.04. The predicted octanol–water partition coefficient (Wildman–Crippen LogP) is 5.57. The third kappa shape index (κ3) is 6.07. The number of fused-ring (bicyclic) bond motifs is 1. The van der Waals surface area contributed by atoms with Gasteiger partial charge in [0.05, 0.1) is 11.8 Å². The highest BCUT2D eigenvalue weighted by atomic mass is 35.5. The molecule has 0 saturated carbocycles. The van der Waals surface area contributed by atoms with Crippen LogP contribution in [0.4, 0.5) is 24.8 Å². The first kappa shape index (κ1) is 23.3. The van der Waals surface area contributed by atoms with Crippen LogP contribution in [0.15, 0.2) is 24.4 Å². The monoisotopic (exact) mass is 454 g/mol. The summed E-state index contributed by atoms with van der Waals surface area (Å²) in [4.78, 5) is 13.6. The van der Waals surface area contributed by atoms with Crippen molar-refractivity contribution in [3.8, 4) is 0 Å². The molecule has 31 heavy (non-hydrogen) atoms. The minimum atomic E-state index is -4.51. The number of hydrogen-bond acceptors (Lipinski definition) is 5. The molecule has 0 amide bonds. The average molecular weight is 455 g/mol. The lowest BCUT2D eigenvalue weighted by Crippen LogP contribution is -2.18. The van der Waals surface area contributed by atoms with Crippen LogP contribution in [-0.4, -0.2) is 25.6 Å². The smallest absolute Gasteiger partial charge is 0.328 e. The molecule has 3 aromatic rings. The quantitative estimate of drug-likeness (QED) is 0.509. The number of halogens is 4. The van der Waals surface area contributed by atoms with E-state index in [0.717, 1.165) is 12.1 Å². The molecular weight excluding hydrogens is 429 g/mol. The summed E-state index contributed by atoms with van der Waals surface area (Å²) in [6.45, 7) is 8.67. The number of imidazole rings is 1. The molecule has 2 heterocycles. The van der Waals surface area contributed by atoms with E-state index in [2.05, 4.69) is 41.0 Å². The largest absolute Gasteiger partial charge is 0.416 e. The maximum Gasteiger partial charge on any atom is 0.416 e. The zero-order valence-corrected chi connectivity index (χ0v) is 18.6. The summed E-state index contributed by atoms with van der Waals surface area (Å²) in [5.41, 5.74) is 6.42. The van der Waals surface area contributed by atoms with Crippen molar-refractivity contribution in [2.24, 2.45) is 11.1 Å². The van der Waals surface area contributed by atoms with Crippen LogP contribution in [0.3, 0.4) is 0 Å². The minimum Gasteiger partial charge on any atom is -0.328 e. The van der Waals surface area contributed by atoms with Gasteiger partial charge in [-0.2, -0.15) is 13.2 Å². The van der Waals surface area contributed by atoms with Gasteiger partial charge in [-0.1, -0.05) is 32.4 Å². The normalized spacial score (nSPS) is 13.6. The third-order valence-corrected chi connectivity index (χ3v) is 4.73. The number of rotatable bonds is 6. The summed E-state index contributed by atoms with van der Waals surface area (Å²) in [6, 6.07) is 3.24. The van der Waals surface area contributed by atoms with Gasteiger partial charge in [-0.3, -0.25) is 4.57 Å². The molecule has 0 spiro atoms. The number of aryl methyl sites for hydroxylation is 1. The van der Waals surface area contributed by atoms with Gasteiger partial charge in [-0.25, -0.2) is 15.0 Å². The van der Waals surface area contributed by atoms with E-state index in [0.29, 0.717) is 42.3 Å². The molecule has 168 valence electrons. The predicted molar refractivity (Wildman–Crippen MR) is 116 cm³/mol. The molecule has 6 nitrogen and oxygen atoms in total. The van der Waals surface area contributed by atoms with Crippen LogP contribution in [0.25, 0.3) is 11.2 Å². The van der Waals surface area contributed by atoms with Crippen molar-refractivity contribution in [2.75, 3.05) is 5.32 Å². The first-order chi connectivity index (χ1) is 14.3. The second-order valence-electron chi connectivity index (χ2n) is 8.94. The number of hydrogen-bond donors (Lipinski definition) is 2. The van der Waals surface area contributed by atoms with Gasteiger partial charge in [0.25, 0.3) is 0 Å². The van der Waals surface area contributed by atoms with E-state index < -0.39 is 11.7 Å². The van der Waals surface area contributed by atoms with Crippen molar-refractivity contribution >= 4 is 34.4 Å². The van der Waals surface area contributed by atoms with Crippen LogP contribution < -0.4 is 11.1 Å². The lowest BCUT2D eigenvalue weighted by Gasteiger charge is -2.17. The van der Waals surface area contributed by atoms with Gasteiger partial charge in [0.15, 0.2) is 5.65 Å². The minimum absolute atomic E-state index is 0.000163. The van der Waals surface area contributed by atoms with Crippen molar-refractivity contribution in [2.45, 2.75) is 59.3 Å². The molecule has 3 N–H and O–H groups in total. The molecule has 2 aromatic heterocycles. The molecule has 1 unspecified atom stereocenters. The summed E-state index contributed by atoms with van der Waals surface area (Å²) >= 11 is 5.92. The second-order valence-corrected chi connectivity index (χ2v) is 9.37. The molecule has 0 aliphatic heterocycles. The molecule has 1 atom stereocenters. The molecule has 0 saturated heterocycles. The Labute approximate surface area is 184 Å². The Kier molecular flexibility index (Phi) is 6.48. The SMILES string of the molecule is CC(N)CCn1c(Nc2cc(Cl)cc(C(F)(F)F)c2)nc2cnc(CC(C)(C)C)nc21. The summed E-state index contributed by atoms with van der Waals surface area (Å²) in [7, 11) is 0. The van der Waals surface area contributed by atoms with Crippen LogP contribution in [0.5, 0.6) is 0 Å². The number of nitrogens with two attached hydrogens (primary N) is 1. The highest BCUT2D eigenvalue weighted by Crippen LogP contribution is 2.34. The highest BCUT2D eigenvalue weighted by Gasteiger charge is 2.31. The molecule has 0 aliphatic rings. The maximum absolute atomic E-state index is 13.2. The number of nitrogens with zero attached hydrogens (tertiary/aromatic N) is 4. The molecule has 0 radical (unpaired) electrons. The lowest BCUT2D eigenvalue weighted by molar-refractivity contribution is -0.137. The number of benzene rings is 1. The maximum atomic E-state index is 13.2. The van der Waals surface area contributed by atoms with Gasteiger partial charge < -0.3 is 11.1 Å². The Morgan fingerprint density at radius 2 is 1.87 bits per heavy atom. The Morgan fingerprint density at radius 1 is 1.16 bits per heavy atom. The van der Waals surface area contributed by atoms with Crippen molar-refractivity contribution in [3.63, 3.8) is 0 Å². The van der Waals surface area contributed by atoms with Crippen LogP contribution in [0.1, 0.15) is 45.5 Å². The average Bonchev–Trinajstić information content (AvgIpc) is 2.93. The number of alkyl halides is 3. The first-order valence-electron chi connectivity index (χ1n) is 9.94. The summed E-state index contributed by atoms with van der Waals surface area (Å²) < 4.78 is 41.4. The van der Waals surface area contributed by atoms with Gasteiger partial charge in [0.2, 0.25) is 5.95 Å². The topological polar surface area (TPSA) is 81.6 Å². The molecule has 0 fully saturated rings. The Morgan fingerprint density at radius 3 is 2.48 bits per heavy atom. The van der Waals surface area contributed by atoms with Crippen LogP contribution in [0, 0.1) is 5.41 Å². The molecular formula is C21H26ClF3N6. The van der Waals surface area contributed by atoms with Gasteiger partial charge in [0.1, 0.15) is 11.3 Å². The summed E-state index contributed by atoms with van der Waals surface area (Å²) in [6.07, 6.45) is -1.56. The first-order valence-corrected chi connectivity index (χ1v) is 10.3.